The lowest BCUT2D eigenvalue weighted by molar-refractivity contribution is -0.0908. The van der Waals surface area contributed by atoms with Crippen molar-refractivity contribution in [2.45, 2.75) is 55.7 Å². The number of nitrogens with zero attached hydrogens (tertiary/aromatic N) is 3. The molecule has 0 spiro atoms. The number of carbonyl (C=O) groups excluding carboxylic acids is 1. The van der Waals surface area contributed by atoms with Crippen LogP contribution in [-0.2, 0) is 30.7 Å². The van der Waals surface area contributed by atoms with Gasteiger partial charge in [0.05, 0.1) is 46.4 Å². The summed E-state index contributed by atoms with van der Waals surface area (Å²) in [5, 5.41) is 18.4. The topological polar surface area (TPSA) is 143 Å². The number of rotatable bonds is 13. The normalized spacial score (nSPS) is 22.9. The third-order valence-electron chi connectivity index (χ3n) is 8.10. The lowest BCUT2D eigenvalue weighted by atomic mass is 9.98. The van der Waals surface area contributed by atoms with Crippen molar-refractivity contribution in [1.82, 2.24) is 19.9 Å². The largest absolute Gasteiger partial charge is 0.443 e. The van der Waals surface area contributed by atoms with Crippen molar-refractivity contribution in [1.29, 1.82) is 0 Å². The maximum Gasteiger partial charge on any atom is 0.407 e. The highest BCUT2D eigenvalue weighted by molar-refractivity contribution is 7.89. The number of anilines is 1. The van der Waals surface area contributed by atoms with Crippen LogP contribution in [0.25, 0.3) is 10.2 Å². The monoisotopic (exact) mass is 661 g/mol. The Bertz CT molecular complexity index is 1550. The third kappa shape index (κ3) is 7.76. The highest BCUT2D eigenvalue weighted by atomic mass is 32.2. The molecule has 1 amide bonds. The summed E-state index contributed by atoms with van der Waals surface area (Å²) in [5.41, 5.74) is 1.59. The van der Waals surface area contributed by atoms with E-state index in [2.05, 4.69) is 15.6 Å². The fraction of sp³-hybridized carbons (Fsp3) is 0.548. The molecule has 0 bridgehead atoms. The number of alkyl carbamates (subject to hydrolysis) is 1. The van der Waals surface area contributed by atoms with Gasteiger partial charge in [0.1, 0.15) is 6.10 Å². The molecular formula is C31H43N5O7S2. The minimum atomic E-state index is -4.01. The molecule has 3 N–H and O–H groups in total. The molecule has 12 nitrogen and oxygen atoms in total. The first-order chi connectivity index (χ1) is 21.5. The van der Waals surface area contributed by atoms with Gasteiger partial charge in [-0.3, -0.25) is 0 Å². The second-order valence-corrected chi connectivity index (χ2v) is 15.1. The Morgan fingerprint density at radius 1 is 1.13 bits per heavy atom. The summed E-state index contributed by atoms with van der Waals surface area (Å²) in [6, 6.07) is 13.4. The van der Waals surface area contributed by atoms with E-state index in [9.17, 15) is 18.3 Å². The van der Waals surface area contributed by atoms with Gasteiger partial charge in [-0.2, -0.15) is 4.31 Å². The van der Waals surface area contributed by atoms with Crippen LogP contribution >= 0.6 is 11.3 Å². The number of thiazole rings is 1. The van der Waals surface area contributed by atoms with Crippen molar-refractivity contribution >= 4 is 42.8 Å². The fourth-order valence-electron chi connectivity index (χ4n) is 5.77. The van der Waals surface area contributed by atoms with Crippen molar-refractivity contribution in [3.8, 4) is 0 Å². The summed E-state index contributed by atoms with van der Waals surface area (Å²) in [6.07, 6.45) is -2.67. The minimum absolute atomic E-state index is 0.0190. The summed E-state index contributed by atoms with van der Waals surface area (Å²) in [7, 11) is 1.59. The van der Waals surface area contributed by atoms with Crippen LogP contribution in [0.3, 0.4) is 0 Å². The predicted molar refractivity (Wildman–Crippen MR) is 173 cm³/mol. The average molecular weight is 662 g/mol. The summed E-state index contributed by atoms with van der Waals surface area (Å²) >= 11 is 1.41. The van der Waals surface area contributed by atoms with E-state index < -0.39 is 40.7 Å². The first-order valence-electron chi connectivity index (χ1n) is 15.1. The molecule has 2 saturated heterocycles. The van der Waals surface area contributed by atoms with E-state index in [1.165, 1.54) is 15.6 Å². The number of aromatic nitrogens is 1. The molecular weight excluding hydrogens is 619 g/mol. The lowest BCUT2D eigenvalue weighted by Gasteiger charge is -2.31. The van der Waals surface area contributed by atoms with Crippen molar-refractivity contribution < 1.29 is 32.5 Å². The first kappa shape index (κ1) is 33.5. The molecule has 5 rings (SSSR count). The van der Waals surface area contributed by atoms with Gasteiger partial charge in [0.15, 0.2) is 11.4 Å². The van der Waals surface area contributed by atoms with Crippen LogP contribution in [0.5, 0.6) is 0 Å². The standard InChI is InChI=1S/C31H43N5O7S2/c1-19(2)15-36(45(39,40)21-11-12-22-27(14-21)44-30(33-22)35(4)5)16-25(37)23(13-20-9-7-6-8-10-20)34-31(38)43-26-18-42-29-28(26)24(32-3)17-41-29/h6-12,14,19,23-26,28-29,32,37H,13,15-18H2,1-5H3,(H,34,38)/t23-,24-,25+,26-,28-,29+/m0/s1. The van der Waals surface area contributed by atoms with E-state index in [4.69, 9.17) is 14.2 Å². The number of aliphatic hydroxyl groups is 1. The maximum atomic E-state index is 14.0. The summed E-state index contributed by atoms with van der Waals surface area (Å²) < 4.78 is 47.3. The van der Waals surface area contributed by atoms with Crippen LogP contribution in [0.15, 0.2) is 53.4 Å². The zero-order valence-corrected chi connectivity index (χ0v) is 27.9. The number of amides is 1. The highest BCUT2D eigenvalue weighted by Crippen LogP contribution is 2.34. The SMILES string of the molecule is CN[C@H]1CO[C@@H]2OC[C@H](OC(=O)N[C@@H](Cc3ccccc3)[C@H](O)CN(CC(C)C)S(=O)(=O)c3ccc4nc(N(C)C)sc4c3)[C@@H]21. The molecule has 1 aromatic heterocycles. The molecule has 14 heteroatoms. The Morgan fingerprint density at radius 3 is 2.56 bits per heavy atom. The molecule has 2 aromatic carbocycles. The molecule has 246 valence electrons. The molecule has 0 saturated carbocycles. The van der Waals surface area contributed by atoms with Gasteiger partial charge in [-0.15, -0.1) is 0 Å². The van der Waals surface area contributed by atoms with E-state index in [1.54, 1.807) is 18.2 Å². The quantitative estimate of drug-likeness (QED) is 0.250. The second kappa shape index (κ2) is 14.3. The predicted octanol–water partition coefficient (Wildman–Crippen LogP) is 2.67. The minimum Gasteiger partial charge on any atom is -0.443 e. The molecule has 3 aromatic rings. The van der Waals surface area contributed by atoms with Gasteiger partial charge in [0, 0.05) is 33.2 Å². The number of likely N-dealkylation sites (N-methyl/N-ethyl adjacent to an activating group) is 1. The Hall–Kier alpha value is -2.85. The van der Waals surface area contributed by atoms with Gasteiger partial charge in [0.25, 0.3) is 0 Å². The molecule has 2 fully saturated rings. The van der Waals surface area contributed by atoms with E-state index in [0.29, 0.717) is 12.1 Å². The van der Waals surface area contributed by atoms with Crippen molar-refractivity contribution in [3.05, 3.63) is 54.1 Å². The Kier molecular flexibility index (Phi) is 10.6. The first-order valence-corrected chi connectivity index (χ1v) is 17.4. The number of hydrogen-bond acceptors (Lipinski definition) is 11. The number of benzene rings is 2. The summed E-state index contributed by atoms with van der Waals surface area (Å²) in [4.78, 5) is 19.8. The summed E-state index contributed by atoms with van der Waals surface area (Å²) in [6.45, 7) is 4.45. The van der Waals surface area contributed by atoms with Crippen LogP contribution in [0.1, 0.15) is 19.4 Å². The van der Waals surface area contributed by atoms with Crippen LogP contribution in [0, 0.1) is 11.8 Å². The maximum absolute atomic E-state index is 14.0. The Balaban J connectivity index is 1.35. The van der Waals surface area contributed by atoms with Crippen molar-refractivity contribution in [3.63, 3.8) is 0 Å². The highest BCUT2D eigenvalue weighted by Gasteiger charge is 2.49. The molecule has 45 heavy (non-hydrogen) atoms. The smallest absolute Gasteiger partial charge is 0.407 e. The number of sulfonamides is 1. The van der Waals surface area contributed by atoms with Crippen LogP contribution < -0.4 is 15.5 Å². The van der Waals surface area contributed by atoms with Gasteiger partial charge >= 0.3 is 6.09 Å². The van der Waals surface area contributed by atoms with Crippen LogP contribution in [0.2, 0.25) is 0 Å². The Morgan fingerprint density at radius 2 is 1.87 bits per heavy atom. The van der Waals surface area contributed by atoms with Gasteiger partial charge in [-0.1, -0.05) is 55.5 Å². The molecule has 2 aliphatic rings. The molecule has 0 unspecified atom stereocenters. The third-order valence-corrected chi connectivity index (χ3v) is 11.1. The van der Waals surface area contributed by atoms with E-state index in [1.807, 2.05) is 70.2 Å². The van der Waals surface area contributed by atoms with Crippen molar-refractivity contribution in [2.75, 3.05) is 52.3 Å². The number of hydrogen-bond donors (Lipinski definition) is 3. The van der Waals surface area contributed by atoms with E-state index in [-0.39, 0.29) is 48.9 Å². The second-order valence-electron chi connectivity index (χ2n) is 12.2. The zero-order chi connectivity index (χ0) is 32.3. The summed E-state index contributed by atoms with van der Waals surface area (Å²) in [5.74, 6) is -0.177. The number of carbonyl (C=O) groups is 1. The van der Waals surface area contributed by atoms with Gasteiger partial charge < -0.3 is 34.9 Å². The van der Waals surface area contributed by atoms with E-state index >= 15 is 0 Å². The van der Waals surface area contributed by atoms with Gasteiger partial charge in [-0.25, -0.2) is 18.2 Å². The molecule has 6 atom stereocenters. The lowest BCUT2D eigenvalue weighted by Crippen LogP contribution is -2.52. The molecule has 0 radical (unpaired) electrons. The molecule has 0 aliphatic carbocycles. The zero-order valence-electron chi connectivity index (χ0n) is 26.3. The molecule has 2 aliphatic heterocycles. The Labute approximate surface area is 268 Å². The van der Waals surface area contributed by atoms with Gasteiger partial charge in [0.2, 0.25) is 10.0 Å². The fourth-order valence-corrected chi connectivity index (χ4v) is 8.43. The van der Waals surface area contributed by atoms with Crippen LogP contribution in [0.4, 0.5) is 9.93 Å². The number of nitrogens with one attached hydrogen (secondary N) is 2. The molecule has 3 heterocycles. The van der Waals surface area contributed by atoms with Gasteiger partial charge in [-0.05, 0) is 43.1 Å². The average Bonchev–Trinajstić information content (AvgIpc) is 3.72. The van der Waals surface area contributed by atoms with Crippen LogP contribution in [-0.4, -0.2) is 107 Å². The van der Waals surface area contributed by atoms with Crippen molar-refractivity contribution in [2.24, 2.45) is 11.8 Å². The number of fused-ring (bicyclic) bond motifs is 2. The number of aliphatic hydroxyl groups excluding tert-OH is 1. The van der Waals surface area contributed by atoms with E-state index in [0.717, 1.165) is 15.4 Å². The number of ether oxygens (including phenoxy) is 3.